The number of nitrogens with zero attached hydrogens (tertiary/aromatic N) is 1. The predicted octanol–water partition coefficient (Wildman–Crippen LogP) is 0.794. The average molecular weight is 261 g/mol. The second-order valence-corrected chi connectivity index (χ2v) is 4.56. The van der Waals surface area contributed by atoms with Crippen molar-refractivity contribution in [2.45, 2.75) is 13.8 Å². The molecule has 1 fully saturated rings. The summed E-state index contributed by atoms with van der Waals surface area (Å²) in [6, 6.07) is 5.13. The lowest BCUT2D eigenvalue weighted by Gasteiger charge is -2.12. The van der Waals surface area contributed by atoms with Gasteiger partial charge in [-0.2, -0.15) is 0 Å². The highest BCUT2D eigenvalue weighted by Crippen LogP contribution is 2.13. The van der Waals surface area contributed by atoms with Crippen molar-refractivity contribution in [3.63, 3.8) is 0 Å². The van der Waals surface area contributed by atoms with Crippen molar-refractivity contribution in [1.82, 2.24) is 10.2 Å². The van der Waals surface area contributed by atoms with E-state index in [-0.39, 0.29) is 19.0 Å². The van der Waals surface area contributed by atoms with Crippen LogP contribution in [0.25, 0.3) is 0 Å². The number of benzene rings is 1. The molecular formula is C13H15N3O3. The zero-order valence-electron chi connectivity index (χ0n) is 10.8. The van der Waals surface area contributed by atoms with Gasteiger partial charge in [0.1, 0.15) is 6.54 Å². The fourth-order valence-corrected chi connectivity index (χ4v) is 2.01. The SMILES string of the molecule is Cc1cc(C)cc(NC(=O)CN2C(=O)CNC2=O)c1. The number of carbonyl (C=O) groups excluding carboxylic acids is 3. The molecule has 6 heteroatoms. The summed E-state index contributed by atoms with van der Waals surface area (Å²) in [7, 11) is 0. The van der Waals surface area contributed by atoms with Crippen molar-refractivity contribution < 1.29 is 14.4 Å². The van der Waals surface area contributed by atoms with Gasteiger partial charge in [-0.1, -0.05) is 6.07 Å². The summed E-state index contributed by atoms with van der Waals surface area (Å²) in [5, 5.41) is 5.04. The van der Waals surface area contributed by atoms with Gasteiger partial charge in [0.25, 0.3) is 5.91 Å². The number of hydrogen-bond acceptors (Lipinski definition) is 3. The molecule has 0 bridgehead atoms. The highest BCUT2D eigenvalue weighted by Gasteiger charge is 2.30. The first-order valence-electron chi connectivity index (χ1n) is 5.92. The Morgan fingerprint density at radius 1 is 1.26 bits per heavy atom. The van der Waals surface area contributed by atoms with Crippen LogP contribution in [0.15, 0.2) is 18.2 Å². The summed E-state index contributed by atoms with van der Waals surface area (Å²) in [5.74, 6) is -0.782. The number of carbonyl (C=O) groups is 3. The Morgan fingerprint density at radius 2 is 1.89 bits per heavy atom. The summed E-state index contributed by atoms with van der Waals surface area (Å²) >= 11 is 0. The molecule has 4 amide bonds. The minimum absolute atomic E-state index is 0.0460. The Labute approximate surface area is 110 Å². The van der Waals surface area contributed by atoms with E-state index in [0.29, 0.717) is 5.69 Å². The van der Waals surface area contributed by atoms with E-state index in [1.807, 2.05) is 32.0 Å². The van der Waals surface area contributed by atoms with Crippen molar-refractivity contribution in [3.05, 3.63) is 29.3 Å². The second kappa shape index (κ2) is 5.09. The van der Waals surface area contributed by atoms with Crippen LogP contribution in [0.5, 0.6) is 0 Å². The number of imide groups is 1. The fraction of sp³-hybridized carbons (Fsp3) is 0.308. The predicted molar refractivity (Wildman–Crippen MR) is 69.7 cm³/mol. The van der Waals surface area contributed by atoms with Gasteiger partial charge in [-0.05, 0) is 37.1 Å². The first kappa shape index (κ1) is 13.1. The molecule has 0 aliphatic carbocycles. The summed E-state index contributed by atoms with van der Waals surface area (Å²) in [6.45, 7) is 3.55. The van der Waals surface area contributed by atoms with E-state index in [4.69, 9.17) is 0 Å². The molecule has 0 atom stereocenters. The quantitative estimate of drug-likeness (QED) is 0.790. The summed E-state index contributed by atoms with van der Waals surface area (Å²) in [6.07, 6.45) is 0. The molecule has 1 heterocycles. The van der Waals surface area contributed by atoms with Crippen LogP contribution in [0.1, 0.15) is 11.1 Å². The fourth-order valence-electron chi connectivity index (χ4n) is 2.01. The molecule has 19 heavy (non-hydrogen) atoms. The molecule has 0 spiro atoms. The lowest BCUT2D eigenvalue weighted by molar-refractivity contribution is -0.128. The molecule has 2 N–H and O–H groups in total. The third-order valence-corrected chi connectivity index (χ3v) is 2.74. The minimum atomic E-state index is -0.527. The molecule has 0 radical (unpaired) electrons. The normalized spacial score (nSPS) is 14.5. The van der Waals surface area contributed by atoms with Crippen LogP contribution >= 0.6 is 0 Å². The van der Waals surface area contributed by atoms with E-state index < -0.39 is 11.9 Å². The van der Waals surface area contributed by atoms with E-state index >= 15 is 0 Å². The molecule has 1 aliphatic rings. The van der Waals surface area contributed by atoms with Crippen molar-refractivity contribution in [2.75, 3.05) is 18.4 Å². The number of anilines is 1. The molecule has 6 nitrogen and oxygen atoms in total. The van der Waals surface area contributed by atoms with Crippen LogP contribution < -0.4 is 10.6 Å². The molecule has 0 saturated carbocycles. The molecular weight excluding hydrogens is 246 g/mol. The standard InChI is InChI=1S/C13H15N3O3/c1-8-3-9(2)5-10(4-8)15-11(17)7-16-12(18)6-14-13(16)19/h3-5H,6-7H2,1-2H3,(H,14,19)(H,15,17). The first-order valence-corrected chi connectivity index (χ1v) is 5.92. The third-order valence-electron chi connectivity index (χ3n) is 2.74. The van der Waals surface area contributed by atoms with Gasteiger partial charge in [-0.15, -0.1) is 0 Å². The molecule has 2 rings (SSSR count). The highest BCUT2D eigenvalue weighted by molar-refractivity contribution is 6.06. The maximum absolute atomic E-state index is 11.8. The Balaban J connectivity index is 2.01. The van der Waals surface area contributed by atoms with Gasteiger partial charge >= 0.3 is 6.03 Å². The van der Waals surface area contributed by atoms with Gasteiger partial charge in [0.15, 0.2) is 0 Å². The van der Waals surface area contributed by atoms with Gasteiger partial charge in [0.05, 0.1) is 6.54 Å². The highest BCUT2D eigenvalue weighted by atomic mass is 16.2. The van der Waals surface area contributed by atoms with Crippen LogP contribution in [0.2, 0.25) is 0 Å². The van der Waals surface area contributed by atoms with E-state index in [0.717, 1.165) is 16.0 Å². The Kier molecular flexibility index (Phi) is 3.50. The van der Waals surface area contributed by atoms with E-state index in [1.165, 1.54) is 0 Å². The number of urea groups is 1. The van der Waals surface area contributed by atoms with Gasteiger partial charge in [0, 0.05) is 5.69 Å². The zero-order chi connectivity index (χ0) is 14.0. The number of amides is 4. The van der Waals surface area contributed by atoms with Crippen LogP contribution in [-0.4, -0.2) is 35.8 Å². The third kappa shape index (κ3) is 3.09. The lowest BCUT2D eigenvalue weighted by atomic mass is 10.1. The Morgan fingerprint density at radius 3 is 2.42 bits per heavy atom. The van der Waals surface area contributed by atoms with Crippen LogP contribution in [-0.2, 0) is 9.59 Å². The van der Waals surface area contributed by atoms with Crippen molar-refractivity contribution >= 4 is 23.5 Å². The van der Waals surface area contributed by atoms with Crippen molar-refractivity contribution in [2.24, 2.45) is 0 Å². The maximum atomic E-state index is 11.8. The largest absolute Gasteiger partial charge is 0.329 e. The number of nitrogens with one attached hydrogen (secondary N) is 2. The first-order chi connectivity index (χ1) is 8.95. The number of hydrogen-bond donors (Lipinski definition) is 2. The summed E-state index contributed by atoms with van der Waals surface area (Å²) in [5.41, 5.74) is 2.73. The maximum Gasteiger partial charge on any atom is 0.325 e. The van der Waals surface area contributed by atoms with Crippen molar-refractivity contribution in [1.29, 1.82) is 0 Å². The Hall–Kier alpha value is -2.37. The van der Waals surface area contributed by atoms with Gasteiger partial charge in [0.2, 0.25) is 5.91 Å². The lowest BCUT2D eigenvalue weighted by Crippen LogP contribution is -2.38. The second-order valence-electron chi connectivity index (χ2n) is 4.56. The van der Waals surface area contributed by atoms with E-state index in [9.17, 15) is 14.4 Å². The number of aryl methyl sites for hydroxylation is 2. The monoisotopic (exact) mass is 261 g/mol. The van der Waals surface area contributed by atoms with E-state index in [2.05, 4.69) is 10.6 Å². The zero-order valence-corrected chi connectivity index (χ0v) is 10.8. The summed E-state index contributed by atoms with van der Waals surface area (Å²) < 4.78 is 0. The van der Waals surface area contributed by atoms with E-state index in [1.54, 1.807) is 0 Å². The molecule has 0 unspecified atom stereocenters. The molecule has 1 aliphatic heterocycles. The van der Waals surface area contributed by atoms with Gasteiger partial charge < -0.3 is 10.6 Å². The Bertz CT molecular complexity index is 518. The molecule has 1 saturated heterocycles. The molecule has 0 aromatic heterocycles. The smallest absolute Gasteiger partial charge is 0.325 e. The molecule has 100 valence electrons. The van der Waals surface area contributed by atoms with Crippen LogP contribution in [0.3, 0.4) is 0 Å². The van der Waals surface area contributed by atoms with Crippen LogP contribution in [0.4, 0.5) is 10.5 Å². The number of rotatable bonds is 3. The molecule has 1 aromatic carbocycles. The summed E-state index contributed by atoms with van der Waals surface area (Å²) in [4.78, 5) is 35.3. The van der Waals surface area contributed by atoms with Gasteiger partial charge in [-0.25, -0.2) is 4.79 Å². The molecule has 1 aromatic rings. The van der Waals surface area contributed by atoms with Gasteiger partial charge in [-0.3, -0.25) is 14.5 Å². The van der Waals surface area contributed by atoms with Crippen molar-refractivity contribution in [3.8, 4) is 0 Å². The topological polar surface area (TPSA) is 78.5 Å². The average Bonchev–Trinajstić information content (AvgIpc) is 2.59. The minimum Gasteiger partial charge on any atom is -0.329 e. The van der Waals surface area contributed by atoms with Crippen LogP contribution in [0, 0.1) is 13.8 Å².